The number of alkyl halides is 2. The molecule has 30 heavy (non-hydrogen) atoms. The quantitative estimate of drug-likeness (QED) is 0.220. The van der Waals surface area contributed by atoms with Gasteiger partial charge >= 0.3 is 6.61 Å². The second-order valence-electron chi connectivity index (χ2n) is 7.08. The molecule has 172 valence electrons. The standard InChI is InChI=1S/C19H30F2N4O3S.HI/c1-3-22-19(23-9-10-29(26,27)25-12-15-5-4-6-15)24-13-16-11-14(2)7-8-17(16)28-18(20)21;/h7-8,11,15,18,25H,3-6,9-10,12-13H2,1-2H3,(H2,22,23,24);1H. The number of nitrogens with one attached hydrogen (secondary N) is 3. The van der Waals surface area contributed by atoms with E-state index in [9.17, 15) is 17.2 Å². The molecule has 7 nitrogen and oxygen atoms in total. The van der Waals surface area contributed by atoms with Crippen LogP contribution in [0.25, 0.3) is 0 Å². The molecule has 1 saturated carbocycles. The fourth-order valence-electron chi connectivity index (χ4n) is 2.87. The molecule has 0 aromatic heterocycles. The van der Waals surface area contributed by atoms with E-state index in [0.717, 1.165) is 18.4 Å². The van der Waals surface area contributed by atoms with Gasteiger partial charge in [-0.25, -0.2) is 18.1 Å². The first-order valence-electron chi connectivity index (χ1n) is 9.83. The zero-order chi connectivity index (χ0) is 21.3. The summed E-state index contributed by atoms with van der Waals surface area (Å²) >= 11 is 0. The summed E-state index contributed by atoms with van der Waals surface area (Å²) in [5.41, 5.74) is 1.43. The summed E-state index contributed by atoms with van der Waals surface area (Å²) in [6, 6.07) is 4.92. The van der Waals surface area contributed by atoms with Crippen molar-refractivity contribution in [1.82, 2.24) is 15.4 Å². The molecule has 1 fully saturated rings. The predicted molar refractivity (Wildman–Crippen MR) is 125 cm³/mol. The molecule has 0 heterocycles. The summed E-state index contributed by atoms with van der Waals surface area (Å²) < 4.78 is 56.5. The van der Waals surface area contributed by atoms with E-state index in [0.29, 0.717) is 30.5 Å². The summed E-state index contributed by atoms with van der Waals surface area (Å²) in [7, 11) is -3.36. The lowest BCUT2D eigenvalue weighted by atomic mass is 9.86. The lowest BCUT2D eigenvalue weighted by Crippen LogP contribution is -2.42. The molecule has 0 saturated heterocycles. The molecule has 0 unspecified atom stereocenters. The number of nitrogens with zero attached hydrogens (tertiary/aromatic N) is 1. The average molecular weight is 560 g/mol. The lowest BCUT2D eigenvalue weighted by Gasteiger charge is -2.25. The Bertz CT molecular complexity index is 790. The summed E-state index contributed by atoms with van der Waals surface area (Å²) in [5.74, 6) is 0.865. The highest BCUT2D eigenvalue weighted by atomic mass is 127. The van der Waals surface area contributed by atoms with Crippen LogP contribution in [0.1, 0.15) is 37.3 Å². The predicted octanol–water partition coefficient (Wildman–Crippen LogP) is 2.99. The first kappa shape index (κ1) is 26.8. The van der Waals surface area contributed by atoms with E-state index in [4.69, 9.17) is 0 Å². The van der Waals surface area contributed by atoms with Gasteiger partial charge in [0.15, 0.2) is 5.96 Å². The van der Waals surface area contributed by atoms with Gasteiger partial charge in [-0.05, 0) is 38.7 Å². The SMILES string of the molecule is CCNC(=NCc1cc(C)ccc1OC(F)F)NCCS(=O)(=O)NCC1CCC1.I. The number of halogens is 3. The van der Waals surface area contributed by atoms with Crippen LogP contribution in [-0.4, -0.2) is 46.4 Å². The zero-order valence-electron chi connectivity index (χ0n) is 17.3. The van der Waals surface area contributed by atoms with E-state index >= 15 is 0 Å². The molecule has 11 heteroatoms. The molecular formula is C19H31F2IN4O3S. The van der Waals surface area contributed by atoms with E-state index < -0.39 is 16.6 Å². The van der Waals surface area contributed by atoms with Gasteiger partial charge in [0.05, 0.1) is 12.3 Å². The van der Waals surface area contributed by atoms with E-state index in [-0.39, 0.29) is 48.6 Å². The number of hydrogen-bond acceptors (Lipinski definition) is 4. The summed E-state index contributed by atoms with van der Waals surface area (Å²) in [6.07, 6.45) is 3.32. The first-order chi connectivity index (χ1) is 13.8. The van der Waals surface area contributed by atoms with Crippen molar-refractivity contribution >= 4 is 40.0 Å². The van der Waals surface area contributed by atoms with Crippen molar-refractivity contribution in [2.45, 2.75) is 46.3 Å². The number of rotatable bonds is 11. The molecular weight excluding hydrogens is 529 g/mol. The van der Waals surface area contributed by atoms with Gasteiger partial charge in [0.1, 0.15) is 5.75 Å². The van der Waals surface area contributed by atoms with E-state index in [1.165, 1.54) is 12.5 Å². The molecule has 0 amide bonds. The Morgan fingerprint density at radius 1 is 1.30 bits per heavy atom. The molecule has 1 aromatic carbocycles. The monoisotopic (exact) mass is 560 g/mol. The number of aliphatic imine (C=N–C) groups is 1. The van der Waals surface area contributed by atoms with Crippen LogP contribution in [0.4, 0.5) is 8.78 Å². The Kier molecular flexibility index (Phi) is 11.9. The fourth-order valence-corrected chi connectivity index (χ4v) is 3.87. The second-order valence-corrected chi connectivity index (χ2v) is 9.00. The van der Waals surface area contributed by atoms with E-state index in [1.54, 1.807) is 12.1 Å². The van der Waals surface area contributed by atoms with Crippen molar-refractivity contribution in [2.75, 3.05) is 25.4 Å². The highest BCUT2D eigenvalue weighted by Gasteiger charge is 2.20. The van der Waals surface area contributed by atoms with Crippen LogP contribution < -0.4 is 20.1 Å². The Balaban J connectivity index is 0.00000450. The Hall–Kier alpha value is -1.21. The summed E-state index contributed by atoms with van der Waals surface area (Å²) in [6.45, 7) is 2.19. The number of aryl methyl sites for hydroxylation is 1. The molecule has 1 aromatic rings. The van der Waals surface area contributed by atoms with Gasteiger partial charge in [-0.15, -0.1) is 24.0 Å². The van der Waals surface area contributed by atoms with Gasteiger partial charge in [0, 0.05) is 25.2 Å². The maximum absolute atomic E-state index is 12.6. The lowest BCUT2D eigenvalue weighted by molar-refractivity contribution is -0.0504. The zero-order valence-corrected chi connectivity index (χ0v) is 20.4. The summed E-state index contributed by atoms with van der Waals surface area (Å²) in [5, 5.41) is 5.99. The minimum absolute atomic E-state index is 0. The van der Waals surface area contributed by atoms with Gasteiger partial charge in [-0.2, -0.15) is 8.78 Å². The van der Waals surface area contributed by atoms with Crippen molar-refractivity contribution in [3.8, 4) is 5.75 Å². The van der Waals surface area contributed by atoms with Crippen molar-refractivity contribution in [3.63, 3.8) is 0 Å². The van der Waals surface area contributed by atoms with Crippen molar-refractivity contribution in [1.29, 1.82) is 0 Å². The van der Waals surface area contributed by atoms with Gasteiger partial charge in [0.2, 0.25) is 10.0 Å². The topological polar surface area (TPSA) is 91.8 Å². The normalized spacial score (nSPS) is 14.8. The van der Waals surface area contributed by atoms with Gasteiger partial charge in [0.25, 0.3) is 0 Å². The molecule has 0 bridgehead atoms. The van der Waals surface area contributed by atoms with Crippen LogP contribution in [0.5, 0.6) is 5.75 Å². The molecule has 2 rings (SSSR count). The van der Waals surface area contributed by atoms with Crippen molar-refractivity contribution < 1.29 is 21.9 Å². The molecule has 1 aliphatic carbocycles. The second kappa shape index (κ2) is 13.3. The molecule has 0 spiro atoms. The molecule has 3 N–H and O–H groups in total. The van der Waals surface area contributed by atoms with Gasteiger partial charge < -0.3 is 15.4 Å². The smallest absolute Gasteiger partial charge is 0.387 e. The molecule has 1 aliphatic rings. The van der Waals surface area contributed by atoms with Crippen LogP contribution in [0.2, 0.25) is 0 Å². The van der Waals surface area contributed by atoms with E-state index in [2.05, 4.69) is 25.1 Å². The largest absolute Gasteiger partial charge is 0.434 e. The number of hydrogen-bond donors (Lipinski definition) is 3. The van der Waals surface area contributed by atoms with Gasteiger partial charge in [-0.3, -0.25) is 0 Å². The third-order valence-corrected chi connectivity index (χ3v) is 6.01. The van der Waals surface area contributed by atoms with Crippen molar-refractivity contribution in [2.24, 2.45) is 10.9 Å². The Labute approximate surface area is 194 Å². The maximum atomic E-state index is 12.6. The first-order valence-corrected chi connectivity index (χ1v) is 11.5. The molecule has 0 aliphatic heterocycles. The number of sulfonamides is 1. The third kappa shape index (κ3) is 9.73. The van der Waals surface area contributed by atoms with Crippen LogP contribution in [-0.2, 0) is 16.6 Å². The minimum Gasteiger partial charge on any atom is -0.434 e. The third-order valence-electron chi connectivity index (χ3n) is 4.66. The molecule has 0 radical (unpaired) electrons. The van der Waals surface area contributed by atoms with Crippen molar-refractivity contribution in [3.05, 3.63) is 29.3 Å². The fraction of sp³-hybridized carbons (Fsp3) is 0.632. The number of benzene rings is 1. The number of ether oxygens (including phenoxy) is 1. The van der Waals surface area contributed by atoms with Crippen LogP contribution in [0.15, 0.2) is 23.2 Å². The molecule has 0 atom stereocenters. The number of guanidine groups is 1. The van der Waals surface area contributed by atoms with E-state index in [1.807, 2.05) is 13.8 Å². The Morgan fingerprint density at radius 3 is 2.63 bits per heavy atom. The van der Waals surface area contributed by atoms with Gasteiger partial charge in [-0.1, -0.05) is 24.1 Å². The summed E-state index contributed by atoms with van der Waals surface area (Å²) in [4.78, 5) is 4.36. The highest BCUT2D eigenvalue weighted by molar-refractivity contribution is 14.0. The van der Waals surface area contributed by atoms with Crippen LogP contribution in [0, 0.1) is 12.8 Å². The van der Waals surface area contributed by atoms with Crippen LogP contribution >= 0.6 is 24.0 Å². The maximum Gasteiger partial charge on any atom is 0.387 e. The minimum atomic E-state index is -3.36. The average Bonchev–Trinajstić information content (AvgIpc) is 2.59. The van der Waals surface area contributed by atoms with Crippen LogP contribution in [0.3, 0.4) is 0 Å². The Morgan fingerprint density at radius 2 is 2.03 bits per heavy atom. The highest BCUT2D eigenvalue weighted by Crippen LogP contribution is 2.25.